The Morgan fingerprint density at radius 3 is 2.61 bits per heavy atom. The van der Waals surface area contributed by atoms with Crippen molar-refractivity contribution in [2.24, 2.45) is 0 Å². The fourth-order valence-electron chi connectivity index (χ4n) is 3.45. The Bertz CT molecular complexity index is 723. The van der Waals surface area contributed by atoms with Crippen LogP contribution >= 0.6 is 11.6 Å². The van der Waals surface area contributed by atoms with Gasteiger partial charge in [-0.3, -0.25) is 0 Å². The van der Waals surface area contributed by atoms with Crippen LogP contribution in [0.15, 0.2) is 23.1 Å². The van der Waals surface area contributed by atoms with Gasteiger partial charge in [0.2, 0.25) is 10.0 Å². The topological polar surface area (TPSA) is 64.4 Å². The van der Waals surface area contributed by atoms with E-state index in [-0.39, 0.29) is 16.0 Å². The minimum atomic E-state index is -3.56. The molecule has 2 heterocycles. The summed E-state index contributed by atoms with van der Waals surface area (Å²) in [4.78, 5) is 2.53. The number of sulfonamides is 1. The number of likely N-dealkylation sites (tertiary alicyclic amines) is 1. The monoisotopic (exact) mass is 353 g/mol. The molecule has 0 N–H and O–H groups in total. The van der Waals surface area contributed by atoms with Gasteiger partial charge in [0, 0.05) is 19.1 Å². The summed E-state index contributed by atoms with van der Waals surface area (Å²) in [6.45, 7) is 3.49. The minimum Gasteiger partial charge on any atom is -0.302 e. The second-order valence-corrected chi connectivity index (χ2v) is 8.47. The molecule has 0 aliphatic carbocycles. The maximum absolute atomic E-state index is 12.9. The number of hydrogen-bond donors (Lipinski definition) is 0. The van der Waals surface area contributed by atoms with Gasteiger partial charge in [-0.25, -0.2) is 8.42 Å². The van der Waals surface area contributed by atoms with Crippen LogP contribution in [-0.4, -0.2) is 49.8 Å². The maximum Gasteiger partial charge on any atom is 0.243 e. The lowest BCUT2D eigenvalue weighted by molar-refractivity contribution is 0.257. The highest BCUT2D eigenvalue weighted by Gasteiger charge is 2.36. The molecular formula is C16H20ClN3O2S. The summed E-state index contributed by atoms with van der Waals surface area (Å²) in [7, 11) is -3.56. The fraction of sp³-hybridized carbons (Fsp3) is 0.562. The zero-order valence-corrected chi connectivity index (χ0v) is 14.5. The molecule has 124 valence electrons. The van der Waals surface area contributed by atoms with Gasteiger partial charge in [0.15, 0.2) is 0 Å². The van der Waals surface area contributed by atoms with Crippen LogP contribution in [0.3, 0.4) is 0 Å². The molecule has 0 unspecified atom stereocenters. The Labute approximate surface area is 142 Å². The predicted molar refractivity (Wildman–Crippen MR) is 88.8 cm³/mol. The highest BCUT2D eigenvalue weighted by atomic mass is 35.5. The lowest BCUT2D eigenvalue weighted by Gasteiger charge is -2.28. The van der Waals surface area contributed by atoms with E-state index in [2.05, 4.69) is 4.90 Å². The van der Waals surface area contributed by atoms with Crippen LogP contribution in [0.4, 0.5) is 0 Å². The van der Waals surface area contributed by atoms with Crippen LogP contribution in [0.5, 0.6) is 0 Å². The molecule has 2 aliphatic heterocycles. The Balaban J connectivity index is 1.83. The van der Waals surface area contributed by atoms with Gasteiger partial charge < -0.3 is 4.90 Å². The first-order valence-corrected chi connectivity index (χ1v) is 9.78. The zero-order chi connectivity index (χ0) is 16.4. The average Bonchev–Trinajstić information content (AvgIpc) is 3.19. The van der Waals surface area contributed by atoms with Gasteiger partial charge in [0.1, 0.15) is 6.07 Å². The van der Waals surface area contributed by atoms with Crippen LogP contribution in [0.25, 0.3) is 0 Å². The van der Waals surface area contributed by atoms with E-state index in [4.69, 9.17) is 16.9 Å². The summed E-state index contributed by atoms with van der Waals surface area (Å²) >= 11 is 6.00. The molecule has 23 heavy (non-hydrogen) atoms. The van der Waals surface area contributed by atoms with Crippen LogP contribution in [0, 0.1) is 11.3 Å². The number of rotatable bonds is 4. The van der Waals surface area contributed by atoms with Crippen molar-refractivity contribution in [1.29, 1.82) is 5.26 Å². The van der Waals surface area contributed by atoms with Gasteiger partial charge in [-0.1, -0.05) is 11.6 Å². The molecule has 0 aromatic heterocycles. The molecular weight excluding hydrogens is 334 g/mol. The Hall–Kier alpha value is -1.13. The molecule has 5 nitrogen and oxygen atoms in total. The number of benzene rings is 1. The minimum absolute atomic E-state index is 0.0347. The van der Waals surface area contributed by atoms with E-state index in [1.807, 2.05) is 6.07 Å². The van der Waals surface area contributed by atoms with Gasteiger partial charge in [-0.2, -0.15) is 9.57 Å². The summed E-state index contributed by atoms with van der Waals surface area (Å²) in [5.41, 5.74) is 0.292. The molecule has 1 aromatic carbocycles. The molecule has 2 fully saturated rings. The fourth-order valence-corrected chi connectivity index (χ4v) is 5.45. The van der Waals surface area contributed by atoms with E-state index in [9.17, 15) is 8.42 Å². The molecule has 0 amide bonds. The van der Waals surface area contributed by atoms with Crippen molar-refractivity contribution in [2.75, 3.05) is 26.2 Å². The summed E-state index contributed by atoms with van der Waals surface area (Å²) in [5.74, 6) is 0. The molecule has 0 spiro atoms. The second-order valence-electron chi connectivity index (χ2n) is 6.17. The van der Waals surface area contributed by atoms with E-state index in [0.717, 1.165) is 32.5 Å². The average molecular weight is 354 g/mol. The first-order valence-electron chi connectivity index (χ1n) is 7.96. The first kappa shape index (κ1) is 16.7. The predicted octanol–water partition coefficient (Wildman–Crippen LogP) is 2.46. The van der Waals surface area contributed by atoms with E-state index in [1.54, 1.807) is 4.31 Å². The summed E-state index contributed by atoms with van der Waals surface area (Å²) < 4.78 is 27.5. The normalized spacial score (nSPS) is 23.2. The van der Waals surface area contributed by atoms with E-state index >= 15 is 0 Å². The van der Waals surface area contributed by atoms with Gasteiger partial charge in [0.25, 0.3) is 0 Å². The second kappa shape index (κ2) is 6.78. The zero-order valence-electron chi connectivity index (χ0n) is 12.9. The Morgan fingerprint density at radius 1 is 1.22 bits per heavy atom. The maximum atomic E-state index is 12.9. The van der Waals surface area contributed by atoms with Gasteiger partial charge >= 0.3 is 0 Å². The molecule has 0 bridgehead atoms. The van der Waals surface area contributed by atoms with Crippen molar-refractivity contribution in [2.45, 2.75) is 36.6 Å². The van der Waals surface area contributed by atoms with Crippen molar-refractivity contribution in [3.63, 3.8) is 0 Å². The molecule has 1 aromatic rings. The Morgan fingerprint density at radius 2 is 1.96 bits per heavy atom. The third-order valence-corrected chi connectivity index (χ3v) is 6.92. The smallest absolute Gasteiger partial charge is 0.243 e. The number of hydrogen-bond acceptors (Lipinski definition) is 4. The molecule has 0 radical (unpaired) electrons. The van der Waals surface area contributed by atoms with Crippen molar-refractivity contribution >= 4 is 21.6 Å². The molecule has 1 atom stereocenters. The molecule has 3 rings (SSSR count). The van der Waals surface area contributed by atoms with Crippen LogP contribution < -0.4 is 0 Å². The van der Waals surface area contributed by atoms with Crippen molar-refractivity contribution in [3.8, 4) is 6.07 Å². The van der Waals surface area contributed by atoms with E-state index < -0.39 is 10.0 Å². The largest absolute Gasteiger partial charge is 0.302 e. The third-order valence-electron chi connectivity index (χ3n) is 4.66. The third kappa shape index (κ3) is 3.38. The number of nitrogens with zero attached hydrogens (tertiary/aromatic N) is 3. The molecule has 7 heteroatoms. The van der Waals surface area contributed by atoms with Crippen molar-refractivity contribution in [3.05, 3.63) is 28.8 Å². The lowest BCUT2D eigenvalue weighted by atomic mass is 10.2. The van der Waals surface area contributed by atoms with Crippen LogP contribution in [0.1, 0.15) is 31.2 Å². The van der Waals surface area contributed by atoms with Crippen LogP contribution in [-0.2, 0) is 10.0 Å². The highest BCUT2D eigenvalue weighted by molar-refractivity contribution is 7.89. The van der Waals surface area contributed by atoms with Gasteiger partial charge in [-0.05, 0) is 57.0 Å². The standard InChI is InChI=1S/C16H20ClN3O2S/c17-16-10-15(6-5-13(16)11-18)23(21,22)20-9-3-4-14(20)12-19-7-1-2-8-19/h5-6,10,14H,1-4,7-9,12H2/t14-/m0/s1. The van der Waals surface area contributed by atoms with E-state index in [0.29, 0.717) is 12.1 Å². The summed E-state index contributed by atoms with van der Waals surface area (Å²) in [5, 5.41) is 9.11. The van der Waals surface area contributed by atoms with Gasteiger partial charge in [-0.15, -0.1) is 0 Å². The highest BCUT2D eigenvalue weighted by Crippen LogP contribution is 2.29. The van der Waals surface area contributed by atoms with Gasteiger partial charge in [0.05, 0.1) is 15.5 Å². The lowest BCUT2D eigenvalue weighted by Crippen LogP contribution is -2.42. The SMILES string of the molecule is N#Cc1ccc(S(=O)(=O)N2CCC[C@H]2CN2CCCC2)cc1Cl. The van der Waals surface area contributed by atoms with Crippen molar-refractivity contribution in [1.82, 2.24) is 9.21 Å². The first-order chi connectivity index (χ1) is 11.0. The number of halogens is 1. The van der Waals surface area contributed by atoms with Crippen molar-refractivity contribution < 1.29 is 8.42 Å². The molecule has 2 aliphatic rings. The molecule has 0 saturated carbocycles. The quantitative estimate of drug-likeness (QED) is 0.834. The Kier molecular flexibility index (Phi) is 4.93. The summed E-state index contributed by atoms with van der Waals surface area (Å²) in [6.07, 6.45) is 4.19. The summed E-state index contributed by atoms with van der Waals surface area (Å²) in [6, 6.07) is 6.33. The number of nitriles is 1. The molecule has 2 saturated heterocycles. The van der Waals surface area contributed by atoms with Crippen LogP contribution in [0.2, 0.25) is 5.02 Å². The van der Waals surface area contributed by atoms with E-state index in [1.165, 1.54) is 31.0 Å².